The molecule has 4 heteroatoms. The molecule has 0 saturated heterocycles. The van der Waals surface area contributed by atoms with Gasteiger partial charge in [-0.25, -0.2) is 0 Å². The number of carbonyl (C=O) groups is 1. The molecule has 0 bridgehead atoms. The molecule has 1 aliphatic heterocycles. The van der Waals surface area contributed by atoms with Crippen molar-refractivity contribution < 1.29 is 4.79 Å². The van der Waals surface area contributed by atoms with Gasteiger partial charge in [0.2, 0.25) is 5.91 Å². The highest BCUT2D eigenvalue weighted by atomic mass is 35.5. The summed E-state index contributed by atoms with van der Waals surface area (Å²) < 4.78 is 0. The third-order valence-corrected chi connectivity index (χ3v) is 3.39. The standard InChI is InChI=1S/C12H15ClN2O/c1-7-6-11(16)15(3)10-5-4-9(13)8(2)12(10)14-7/h4-5,7,14H,6H2,1-3H3. The van der Waals surface area contributed by atoms with Crippen LogP contribution in [-0.2, 0) is 4.79 Å². The summed E-state index contributed by atoms with van der Waals surface area (Å²) in [4.78, 5) is 13.5. The van der Waals surface area contributed by atoms with Gasteiger partial charge in [0.05, 0.1) is 11.4 Å². The topological polar surface area (TPSA) is 32.3 Å². The van der Waals surface area contributed by atoms with Crippen molar-refractivity contribution in [2.45, 2.75) is 26.3 Å². The molecule has 86 valence electrons. The molecule has 1 aliphatic rings. The van der Waals surface area contributed by atoms with Gasteiger partial charge in [-0.05, 0) is 31.5 Å². The van der Waals surface area contributed by atoms with E-state index in [0.29, 0.717) is 6.42 Å². The van der Waals surface area contributed by atoms with Crippen molar-refractivity contribution in [3.05, 3.63) is 22.7 Å². The first-order valence-corrected chi connectivity index (χ1v) is 5.70. The third-order valence-electron chi connectivity index (χ3n) is 2.98. The van der Waals surface area contributed by atoms with Gasteiger partial charge in [0, 0.05) is 24.5 Å². The summed E-state index contributed by atoms with van der Waals surface area (Å²) in [5, 5.41) is 4.07. The Bertz CT molecular complexity index is 445. The number of benzene rings is 1. The highest BCUT2D eigenvalue weighted by Crippen LogP contribution is 2.36. The van der Waals surface area contributed by atoms with Gasteiger partial charge in [-0.3, -0.25) is 4.79 Å². The lowest BCUT2D eigenvalue weighted by Crippen LogP contribution is -2.27. The number of hydrogen-bond donors (Lipinski definition) is 1. The number of nitrogens with zero attached hydrogens (tertiary/aromatic N) is 1. The van der Waals surface area contributed by atoms with Crippen LogP contribution in [0.3, 0.4) is 0 Å². The molecular formula is C12H15ClN2O. The molecule has 0 spiro atoms. The van der Waals surface area contributed by atoms with Crippen molar-refractivity contribution in [1.29, 1.82) is 0 Å². The van der Waals surface area contributed by atoms with Crippen molar-refractivity contribution in [3.8, 4) is 0 Å². The average molecular weight is 239 g/mol. The van der Waals surface area contributed by atoms with Gasteiger partial charge < -0.3 is 10.2 Å². The van der Waals surface area contributed by atoms with E-state index in [4.69, 9.17) is 11.6 Å². The van der Waals surface area contributed by atoms with Crippen LogP contribution in [0.15, 0.2) is 12.1 Å². The molecule has 1 atom stereocenters. The predicted molar refractivity (Wildman–Crippen MR) is 67.3 cm³/mol. The van der Waals surface area contributed by atoms with E-state index in [2.05, 4.69) is 5.32 Å². The van der Waals surface area contributed by atoms with E-state index in [9.17, 15) is 4.79 Å². The second-order valence-corrected chi connectivity index (χ2v) is 4.68. The van der Waals surface area contributed by atoms with E-state index < -0.39 is 0 Å². The van der Waals surface area contributed by atoms with E-state index in [-0.39, 0.29) is 11.9 Å². The van der Waals surface area contributed by atoms with Gasteiger partial charge in [0.25, 0.3) is 0 Å². The fourth-order valence-corrected chi connectivity index (χ4v) is 2.12. The number of anilines is 2. The quantitative estimate of drug-likeness (QED) is 0.754. The summed E-state index contributed by atoms with van der Waals surface area (Å²) in [7, 11) is 1.80. The SMILES string of the molecule is Cc1c(Cl)ccc2c1NC(C)CC(=O)N2C. The highest BCUT2D eigenvalue weighted by Gasteiger charge is 2.24. The monoisotopic (exact) mass is 238 g/mol. The fourth-order valence-electron chi connectivity index (χ4n) is 1.96. The summed E-state index contributed by atoms with van der Waals surface area (Å²) in [5.41, 5.74) is 2.86. The Morgan fingerprint density at radius 1 is 1.50 bits per heavy atom. The van der Waals surface area contributed by atoms with E-state index >= 15 is 0 Å². The smallest absolute Gasteiger partial charge is 0.228 e. The maximum atomic E-state index is 11.8. The first-order valence-electron chi connectivity index (χ1n) is 5.33. The van der Waals surface area contributed by atoms with E-state index in [1.807, 2.05) is 26.0 Å². The first-order chi connectivity index (χ1) is 7.50. The molecule has 1 unspecified atom stereocenters. The lowest BCUT2D eigenvalue weighted by atomic mass is 10.1. The number of halogens is 1. The summed E-state index contributed by atoms with van der Waals surface area (Å²) in [6.45, 7) is 3.96. The maximum Gasteiger partial charge on any atom is 0.228 e. The largest absolute Gasteiger partial charge is 0.380 e. The highest BCUT2D eigenvalue weighted by molar-refractivity contribution is 6.32. The maximum absolute atomic E-state index is 11.8. The molecule has 1 heterocycles. The van der Waals surface area contributed by atoms with Crippen molar-refractivity contribution >= 4 is 28.9 Å². The zero-order valence-electron chi connectivity index (χ0n) is 9.67. The van der Waals surface area contributed by atoms with Crippen LogP contribution < -0.4 is 10.2 Å². The Labute approximate surface area is 100 Å². The fraction of sp³-hybridized carbons (Fsp3) is 0.417. The summed E-state index contributed by atoms with van der Waals surface area (Å²) in [5.74, 6) is 0.125. The molecule has 1 aromatic rings. The van der Waals surface area contributed by atoms with Crippen LogP contribution in [0.2, 0.25) is 5.02 Å². The molecule has 16 heavy (non-hydrogen) atoms. The van der Waals surface area contributed by atoms with Crippen LogP contribution in [0.25, 0.3) is 0 Å². The van der Waals surface area contributed by atoms with Gasteiger partial charge in [-0.1, -0.05) is 11.6 Å². The molecule has 0 radical (unpaired) electrons. The van der Waals surface area contributed by atoms with Gasteiger partial charge >= 0.3 is 0 Å². The Balaban J connectivity index is 2.59. The van der Waals surface area contributed by atoms with Crippen molar-refractivity contribution in [2.24, 2.45) is 0 Å². The number of nitrogens with one attached hydrogen (secondary N) is 1. The Kier molecular flexibility index (Phi) is 2.80. The van der Waals surface area contributed by atoms with Crippen molar-refractivity contribution in [2.75, 3.05) is 17.3 Å². The van der Waals surface area contributed by atoms with Crippen molar-refractivity contribution in [3.63, 3.8) is 0 Å². The summed E-state index contributed by atoms with van der Waals surface area (Å²) in [6, 6.07) is 3.85. The second kappa shape index (κ2) is 3.98. The van der Waals surface area contributed by atoms with Crippen LogP contribution in [0.4, 0.5) is 11.4 Å². The predicted octanol–water partition coefficient (Wildman–Crippen LogP) is 2.82. The number of hydrogen-bond acceptors (Lipinski definition) is 2. The number of carbonyl (C=O) groups excluding carboxylic acids is 1. The molecule has 0 aliphatic carbocycles. The van der Waals surface area contributed by atoms with Crippen LogP contribution in [0.5, 0.6) is 0 Å². The summed E-state index contributed by atoms with van der Waals surface area (Å²) >= 11 is 6.09. The molecule has 0 saturated carbocycles. The zero-order chi connectivity index (χ0) is 11.9. The number of amides is 1. The minimum absolute atomic E-state index is 0.125. The molecule has 1 aromatic carbocycles. The van der Waals surface area contributed by atoms with Gasteiger partial charge in [-0.15, -0.1) is 0 Å². The number of fused-ring (bicyclic) bond motifs is 1. The normalized spacial score (nSPS) is 20.1. The molecular weight excluding hydrogens is 224 g/mol. The van der Waals surface area contributed by atoms with Crippen LogP contribution >= 0.6 is 11.6 Å². The molecule has 2 rings (SSSR count). The van der Waals surface area contributed by atoms with E-state index in [1.165, 1.54) is 0 Å². The Hall–Kier alpha value is -1.22. The van der Waals surface area contributed by atoms with Crippen LogP contribution in [-0.4, -0.2) is 19.0 Å². The van der Waals surface area contributed by atoms with Gasteiger partial charge in [0.1, 0.15) is 0 Å². The Morgan fingerprint density at radius 3 is 2.88 bits per heavy atom. The lowest BCUT2D eigenvalue weighted by molar-refractivity contribution is -0.118. The minimum atomic E-state index is 0.125. The molecule has 1 amide bonds. The third kappa shape index (κ3) is 1.76. The lowest BCUT2D eigenvalue weighted by Gasteiger charge is -2.19. The Morgan fingerprint density at radius 2 is 2.19 bits per heavy atom. The van der Waals surface area contributed by atoms with Gasteiger partial charge in [-0.2, -0.15) is 0 Å². The zero-order valence-corrected chi connectivity index (χ0v) is 10.4. The second-order valence-electron chi connectivity index (χ2n) is 4.27. The molecule has 3 nitrogen and oxygen atoms in total. The van der Waals surface area contributed by atoms with E-state index in [1.54, 1.807) is 11.9 Å². The molecule has 0 fully saturated rings. The molecule has 0 aromatic heterocycles. The molecule has 1 N–H and O–H groups in total. The summed E-state index contributed by atoms with van der Waals surface area (Å²) in [6.07, 6.45) is 0.502. The van der Waals surface area contributed by atoms with Crippen LogP contribution in [0, 0.1) is 6.92 Å². The minimum Gasteiger partial charge on any atom is -0.380 e. The van der Waals surface area contributed by atoms with Crippen LogP contribution in [0.1, 0.15) is 18.9 Å². The van der Waals surface area contributed by atoms with E-state index in [0.717, 1.165) is 22.0 Å². The number of rotatable bonds is 0. The first kappa shape index (κ1) is 11.3. The average Bonchev–Trinajstić information content (AvgIpc) is 2.33. The van der Waals surface area contributed by atoms with Crippen molar-refractivity contribution in [1.82, 2.24) is 0 Å². The van der Waals surface area contributed by atoms with Gasteiger partial charge in [0.15, 0.2) is 0 Å².